The second-order valence-corrected chi connectivity index (χ2v) is 5.95. The number of carbonyl (C=O) groups is 1. The van der Waals surface area contributed by atoms with Crippen LogP contribution in [0.3, 0.4) is 0 Å². The van der Waals surface area contributed by atoms with Crippen molar-refractivity contribution in [3.63, 3.8) is 0 Å². The Hall–Kier alpha value is -2.08. The number of rotatable bonds is 3. The fourth-order valence-corrected chi connectivity index (χ4v) is 2.88. The number of aromatic amines is 1. The van der Waals surface area contributed by atoms with E-state index in [1.54, 1.807) is 18.2 Å². The van der Waals surface area contributed by atoms with Gasteiger partial charge in [0.15, 0.2) is 5.69 Å². The zero-order chi connectivity index (χ0) is 15.9. The van der Waals surface area contributed by atoms with E-state index in [-0.39, 0.29) is 18.1 Å². The van der Waals surface area contributed by atoms with E-state index < -0.39 is 0 Å². The van der Waals surface area contributed by atoms with Crippen LogP contribution in [0.5, 0.6) is 0 Å². The van der Waals surface area contributed by atoms with Gasteiger partial charge in [-0.1, -0.05) is 0 Å². The summed E-state index contributed by atoms with van der Waals surface area (Å²) in [6, 6.07) is 1.89. The molecule has 1 aliphatic heterocycles. The molecular formula is C16H21N3O3. The number of furan rings is 1. The molecule has 2 aromatic heterocycles. The van der Waals surface area contributed by atoms with Crippen molar-refractivity contribution in [1.29, 1.82) is 0 Å². The van der Waals surface area contributed by atoms with Crippen LogP contribution in [0.1, 0.15) is 53.0 Å². The summed E-state index contributed by atoms with van der Waals surface area (Å²) in [6.45, 7) is 6.38. The Labute approximate surface area is 129 Å². The molecule has 0 radical (unpaired) electrons. The highest BCUT2D eigenvalue weighted by Gasteiger charge is 2.30. The van der Waals surface area contributed by atoms with E-state index in [1.807, 2.05) is 26.8 Å². The normalized spacial score (nSPS) is 20.7. The molecule has 0 aromatic carbocycles. The number of aryl methyl sites for hydroxylation is 1. The first kappa shape index (κ1) is 14.8. The summed E-state index contributed by atoms with van der Waals surface area (Å²) in [6.07, 6.45) is 2.36. The maximum atomic E-state index is 12.7. The fraction of sp³-hybridized carbons (Fsp3) is 0.500. The Morgan fingerprint density at radius 2 is 2.27 bits per heavy atom. The van der Waals surface area contributed by atoms with Crippen molar-refractivity contribution in [2.24, 2.45) is 0 Å². The summed E-state index contributed by atoms with van der Waals surface area (Å²) >= 11 is 0. The molecule has 0 fully saturated rings. The van der Waals surface area contributed by atoms with Crippen molar-refractivity contribution in [3.8, 4) is 0 Å². The minimum atomic E-state index is -0.102. The van der Waals surface area contributed by atoms with E-state index in [9.17, 15) is 4.79 Å². The standard InChI is InChI=1S/C16H21N3O3/c1-9-5-6-21-13(9)8-19(4)16(20)15-12-7-10(2)22-11(3)14(12)17-18-15/h5-6,10-11H,7-8H2,1-4H3,(H,17,18)/t10-,11+/m1/s1. The van der Waals surface area contributed by atoms with Crippen LogP contribution >= 0.6 is 0 Å². The Morgan fingerprint density at radius 1 is 1.50 bits per heavy atom. The molecule has 6 nitrogen and oxygen atoms in total. The smallest absolute Gasteiger partial charge is 0.274 e. The first-order chi connectivity index (χ1) is 10.5. The molecule has 6 heteroatoms. The van der Waals surface area contributed by atoms with Crippen LogP contribution in [0.25, 0.3) is 0 Å². The van der Waals surface area contributed by atoms with Gasteiger partial charge in [-0.25, -0.2) is 0 Å². The van der Waals surface area contributed by atoms with E-state index in [0.717, 1.165) is 22.6 Å². The quantitative estimate of drug-likeness (QED) is 0.946. The predicted octanol–water partition coefficient (Wildman–Crippen LogP) is 2.61. The van der Waals surface area contributed by atoms with Crippen LogP contribution in [-0.2, 0) is 17.7 Å². The first-order valence-corrected chi connectivity index (χ1v) is 7.48. The van der Waals surface area contributed by atoms with Crippen molar-refractivity contribution < 1.29 is 13.9 Å². The summed E-state index contributed by atoms with van der Waals surface area (Å²) < 4.78 is 11.2. The number of aromatic nitrogens is 2. The number of H-pyrrole nitrogens is 1. The zero-order valence-corrected chi connectivity index (χ0v) is 13.3. The fourth-order valence-electron chi connectivity index (χ4n) is 2.88. The highest BCUT2D eigenvalue weighted by Crippen LogP contribution is 2.30. The van der Waals surface area contributed by atoms with Crippen molar-refractivity contribution >= 4 is 5.91 Å². The van der Waals surface area contributed by atoms with E-state index in [4.69, 9.17) is 9.15 Å². The zero-order valence-electron chi connectivity index (χ0n) is 13.3. The minimum absolute atomic E-state index is 0.0644. The van der Waals surface area contributed by atoms with E-state index >= 15 is 0 Å². The molecule has 3 rings (SSSR count). The molecule has 3 heterocycles. The number of carbonyl (C=O) groups excluding carboxylic acids is 1. The summed E-state index contributed by atoms with van der Waals surface area (Å²) in [5.41, 5.74) is 3.41. The maximum absolute atomic E-state index is 12.7. The lowest BCUT2D eigenvalue weighted by Crippen LogP contribution is -2.29. The Balaban J connectivity index is 1.82. The topological polar surface area (TPSA) is 71.4 Å². The molecule has 0 unspecified atom stereocenters. The second kappa shape index (κ2) is 5.61. The molecular weight excluding hydrogens is 282 g/mol. The summed E-state index contributed by atoms with van der Waals surface area (Å²) in [5, 5.41) is 7.19. The summed E-state index contributed by atoms with van der Waals surface area (Å²) in [4.78, 5) is 14.3. The molecule has 0 saturated heterocycles. The van der Waals surface area contributed by atoms with Crippen LogP contribution in [0, 0.1) is 6.92 Å². The lowest BCUT2D eigenvalue weighted by atomic mass is 9.99. The largest absolute Gasteiger partial charge is 0.467 e. The van der Waals surface area contributed by atoms with Gasteiger partial charge in [0, 0.05) is 19.0 Å². The highest BCUT2D eigenvalue weighted by molar-refractivity contribution is 5.93. The van der Waals surface area contributed by atoms with Crippen molar-refractivity contribution in [2.75, 3.05) is 7.05 Å². The molecule has 0 spiro atoms. The average Bonchev–Trinajstić information content (AvgIpc) is 3.05. The molecule has 118 valence electrons. The number of hydrogen-bond acceptors (Lipinski definition) is 4. The molecule has 22 heavy (non-hydrogen) atoms. The van der Waals surface area contributed by atoms with Gasteiger partial charge in [0.1, 0.15) is 5.76 Å². The van der Waals surface area contributed by atoms with Crippen LogP contribution in [0.15, 0.2) is 16.7 Å². The van der Waals surface area contributed by atoms with Gasteiger partial charge in [-0.05, 0) is 32.4 Å². The van der Waals surface area contributed by atoms with Crippen molar-refractivity contribution in [1.82, 2.24) is 15.1 Å². The Bertz CT molecular complexity index is 689. The lowest BCUT2D eigenvalue weighted by molar-refractivity contribution is -0.00701. The maximum Gasteiger partial charge on any atom is 0.274 e. The number of amides is 1. The van der Waals surface area contributed by atoms with Gasteiger partial charge in [-0.15, -0.1) is 0 Å². The summed E-state index contributed by atoms with van der Waals surface area (Å²) in [7, 11) is 1.76. The summed E-state index contributed by atoms with van der Waals surface area (Å²) in [5.74, 6) is 0.694. The minimum Gasteiger partial charge on any atom is -0.467 e. The van der Waals surface area contributed by atoms with Gasteiger partial charge in [0.2, 0.25) is 0 Å². The molecule has 1 N–H and O–H groups in total. The SMILES string of the molecule is Cc1ccoc1CN(C)C(=O)c1n[nH]c2c1C[C@@H](C)O[C@H]2C. The molecule has 0 aliphatic carbocycles. The number of fused-ring (bicyclic) bond motifs is 1. The monoisotopic (exact) mass is 303 g/mol. The first-order valence-electron chi connectivity index (χ1n) is 7.48. The number of nitrogens with one attached hydrogen (secondary N) is 1. The average molecular weight is 303 g/mol. The lowest BCUT2D eigenvalue weighted by Gasteiger charge is -2.25. The number of ether oxygens (including phenoxy) is 1. The third-order valence-electron chi connectivity index (χ3n) is 4.13. The van der Waals surface area contributed by atoms with E-state index in [1.165, 1.54) is 0 Å². The molecule has 0 bridgehead atoms. The third-order valence-corrected chi connectivity index (χ3v) is 4.13. The van der Waals surface area contributed by atoms with Crippen molar-refractivity contribution in [3.05, 3.63) is 40.6 Å². The Kier molecular flexibility index (Phi) is 3.78. The van der Waals surface area contributed by atoms with Gasteiger partial charge in [-0.2, -0.15) is 5.10 Å². The van der Waals surface area contributed by atoms with Crippen molar-refractivity contribution in [2.45, 2.75) is 45.9 Å². The van der Waals surface area contributed by atoms with E-state index in [0.29, 0.717) is 18.7 Å². The van der Waals surface area contributed by atoms with Gasteiger partial charge in [0.05, 0.1) is 30.7 Å². The van der Waals surface area contributed by atoms with Crippen LogP contribution in [-0.4, -0.2) is 34.2 Å². The third kappa shape index (κ3) is 2.54. The molecule has 1 aliphatic rings. The van der Waals surface area contributed by atoms with Gasteiger partial charge in [-0.3, -0.25) is 9.89 Å². The molecule has 2 atom stereocenters. The number of hydrogen-bond donors (Lipinski definition) is 1. The van der Waals surface area contributed by atoms with Crippen LogP contribution in [0.2, 0.25) is 0 Å². The highest BCUT2D eigenvalue weighted by atomic mass is 16.5. The molecule has 2 aromatic rings. The second-order valence-electron chi connectivity index (χ2n) is 5.95. The molecule has 1 amide bonds. The predicted molar refractivity (Wildman–Crippen MR) is 80.5 cm³/mol. The number of nitrogens with zero attached hydrogens (tertiary/aromatic N) is 2. The van der Waals surface area contributed by atoms with Gasteiger partial charge in [0.25, 0.3) is 5.91 Å². The molecule has 0 saturated carbocycles. The van der Waals surface area contributed by atoms with Crippen LogP contribution in [0.4, 0.5) is 0 Å². The van der Waals surface area contributed by atoms with Gasteiger partial charge >= 0.3 is 0 Å². The Morgan fingerprint density at radius 3 is 2.95 bits per heavy atom. The van der Waals surface area contributed by atoms with E-state index in [2.05, 4.69) is 10.2 Å². The van der Waals surface area contributed by atoms with Gasteiger partial charge < -0.3 is 14.1 Å². The van der Waals surface area contributed by atoms with Crippen LogP contribution < -0.4 is 0 Å².